The second kappa shape index (κ2) is 10.4. The van der Waals surface area contributed by atoms with E-state index in [1.165, 1.54) is 69.1 Å². The van der Waals surface area contributed by atoms with Crippen molar-refractivity contribution in [1.82, 2.24) is 0 Å². The summed E-state index contributed by atoms with van der Waals surface area (Å²) < 4.78 is 34.6. The van der Waals surface area contributed by atoms with Gasteiger partial charge in [-0.1, -0.05) is 76.6 Å². The summed E-state index contributed by atoms with van der Waals surface area (Å²) in [6.45, 7) is 4.64. The molecular weight excluding hydrogens is 402 g/mol. The third-order valence-corrected chi connectivity index (χ3v) is 7.88. The molecule has 2 fully saturated rings. The Labute approximate surface area is 192 Å². The van der Waals surface area contributed by atoms with Crippen LogP contribution in [0, 0.1) is 17.8 Å². The topological polar surface area (TPSA) is 9.23 Å². The third kappa shape index (κ3) is 6.11. The molecule has 3 heteroatoms. The van der Waals surface area contributed by atoms with Crippen LogP contribution >= 0.6 is 0 Å². The van der Waals surface area contributed by atoms with Crippen molar-refractivity contribution in [1.29, 1.82) is 0 Å². The Morgan fingerprint density at radius 3 is 1.91 bits per heavy atom. The van der Waals surface area contributed by atoms with Crippen LogP contribution in [0.5, 0.6) is 5.75 Å². The molecule has 0 heterocycles. The van der Waals surface area contributed by atoms with E-state index in [2.05, 4.69) is 13.8 Å². The molecule has 2 aliphatic rings. The molecule has 0 N–H and O–H groups in total. The van der Waals surface area contributed by atoms with Gasteiger partial charge in [0.15, 0.2) is 0 Å². The van der Waals surface area contributed by atoms with Crippen molar-refractivity contribution in [2.45, 2.75) is 90.1 Å². The van der Waals surface area contributed by atoms with Gasteiger partial charge >= 0.3 is 6.11 Å². The Bertz CT molecular complexity index is 826. The van der Waals surface area contributed by atoms with Gasteiger partial charge in [0.2, 0.25) is 0 Å². The summed E-state index contributed by atoms with van der Waals surface area (Å²) in [5.41, 5.74) is 2.29. The first-order chi connectivity index (χ1) is 15.4. The normalized spacial score (nSPS) is 26.6. The molecule has 2 aromatic carbocycles. The van der Waals surface area contributed by atoms with Crippen molar-refractivity contribution in [3.8, 4) is 5.75 Å². The van der Waals surface area contributed by atoms with E-state index in [1.54, 1.807) is 12.1 Å². The summed E-state index contributed by atoms with van der Waals surface area (Å²) in [6.07, 6.45) is 8.93. The number of benzene rings is 2. The molecule has 2 aliphatic carbocycles. The second-order valence-corrected chi connectivity index (χ2v) is 10.5. The highest BCUT2D eigenvalue weighted by atomic mass is 19.3. The van der Waals surface area contributed by atoms with Crippen LogP contribution < -0.4 is 4.74 Å². The van der Waals surface area contributed by atoms with E-state index in [4.69, 9.17) is 4.74 Å². The lowest BCUT2D eigenvalue weighted by molar-refractivity contribution is -0.185. The Morgan fingerprint density at radius 2 is 1.31 bits per heavy atom. The molecule has 174 valence electrons. The maximum absolute atomic E-state index is 14.8. The van der Waals surface area contributed by atoms with E-state index in [0.29, 0.717) is 5.92 Å². The predicted octanol–water partition coefficient (Wildman–Crippen LogP) is 8.87. The highest BCUT2D eigenvalue weighted by molar-refractivity contribution is 5.31. The first-order valence-electron chi connectivity index (χ1n) is 12.7. The molecule has 32 heavy (non-hydrogen) atoms. The van der Waals surface area contributed by atoms with Gasteiger partial charge in [-0.2, -0.15) is 8.78 Å². The van der Waals surface area contributed by atoms with E-state index in [0.717, 1.165) is 36.2 Å². The van der Waals surface area contributed by atoms with Crippen LogP contribution in [-0.4, -0.2) is 0 Å². The number of ether oxygens (including phenoxy) is 1. The number of rotatable bonds is 7. The van der Waals surface area contributed by atoms with E-state index in [9.17, 15) is 8.78 Å². The van der Waals surface area contributed by atoms with Crippen molar-refractivity contribution < 1.29 is 13.5 Å². The first-order valence-corrected chi connectivity index (χ1v) is 12.7. The van der Waals surface area contributed by atoms with Crippen molar-refractivity contribution in [2.75, 3.05) is 0 Å². The summed E-state index contributed by atoms with van der Waals surface area (Å²) in [5.74, 6) is 3.22. The quantitative estimate of drug-likeness (QED) is 0.418. The minimum Gasteiger partial charge on any atom is -0.429 e. The van der Waals surface area contributed by atoms with Gasteiger partial charge in [0.1, 0.15) is 5.75 Å². The average molecular weight is 441 g/mol. The highest BCUT2D eigenvalue weighted by Crippen LogP contribution is 2.37. The fourth-order valence-electron chi connectivity index (χ4n) is 5.46. The lowest BCUT2D eigenvalue weighted by Gasteiger charge is -2.26. The van der Waals surface area contributed by atoms with Crippen LogP contribution in [-0.2, 0) is 12.5 Å². The van der Waals surface area contributed by atoms with Gasteiger partial charge in [-0.3, -0.25) is 0 Å². The van der Waals surface area contributed by atoms with Crippen LogP contribution in [0.3, 0.4) is 0 Å². The standard InChI is InChI=1S/C29H38F2O/c1-21-3-7-23(8-4-21)9-10-24-11-17-27(18-12-24)29(30,31)32-28-19-15-26(16-20-28)25-13-5-22(2)6-14-25/h11-12,15-23,25H,3-10,13-14H2,1-2H3. The molecule has 0 unspecified atom stereocenters. The van der Waals surface area contributed by atoms with Gasteiger partial charge in [0, 0.05) is 0 Å². The monoisotopic (exact) mass is 440 g/mol. The van der Waals surface area contributed by atoms with Gasteiger partial charge in [-0.15, -0.1) is 0 Å². The number of halogens is 2. The lowest BCUT2D eigenvalue weighted by atomic mass is 9.79. The summed E-state index contributed by atoms with van der Waals surface area (Å²) >= 11 is 0. The number of hydrogen-bond acceptors (Lipinski definition) is 1. The van der Waals surface area contributed by atoms with Gasteiger partial charge < -0.3 is 4.74 Å². The second-order valence-electron chi connectivity index (χ2n) is 10.5. The highest BCUT2D eigenvalue weighted by Gasteiger charge is 2.34. The molecule has 0 amide bonds. The van der Waals surface area contributed by atoms with Crippen molar-refractivity contribution >= 4 is 0 Å². The SMILES string of the molecule is CC1CCC(CCc2ccc(C(F)(F)Oc3ccc(C4CCC(C)CC4)cc3)cc2)CC1. The molecule has 0 bridgehead atoms. The van der Waals surface area contributed by atoms with Gasteiger partial charge in [0.05, 0.1) is 5.56 Å². The van der Waals surface area contributed by atoms with Crippen molar-refractivity contribution in [2.24, 2.45) is 17.8 Å². The zero-order valence-corrected chi connectivity index (χ0v) is 19.7. The Balaban J connectivity index is 1.31. The lowest BCUT2D eigenvalue weighted by Crippen LogP contribution is -2.22. The summed E-state index contributed by atoms with van der Waals surface area (Å²) in [7, 11) is 0. The van der Waals surface area contributed by atoms with Crippen molar-refractivity contribution in [3.05, 3.63) is 65.2 Å². The maximum Gasteiger partial charge on any atom is 0.426 e. The summed E-state index contributed by atoms with van der Waals surface area (Å²) in [4.78, 5) is 0. The van der Waals surface area contributed by atoms with Crippen LogP contribution in [0.25, 0.3) is 0 Å². The van der Waals surface area contributed by atoms with Crippen LogP contribution in [0.15, 0.2) is 48.5 Å². The van der Waals surface area contributed by atoms with E-state index < -0.39 is 6.11 Å². The molecule has 2 aromatic rings. The zero-order valence-electron chi connectivity index (χ0n) is 19.7. The minimum absolute atomic E-state index is 0.0851. The molecule has 0 aromatic heterocycles. The molecule has 0 saturated heterocycles. The van der Waals surface area contributed by atoms with E-state index in [-0.39, 0.29) is 11.3 Å². The molecule has 1 nitrogen and oxygen atoms in total. The first kappa shape index (κ1) is 23.3. The van der Waals surface area contributed by atoms with E-state index in [1.807, 2.05) is 24.3 Å². The Kier molecular flexibility index (Phi) is 7.53. The van der Waals surface area contributed by atoms with Gasteiger partial charge in [-0.25, -0.2) is 0 Å². The van der Waals surface area contributed by atoms with Crippen molar-refractivity contribution in [3.63, 3.8) is 0 Å². The Hall–Kier alpha value is -1.90. The maximum atomic E-state index is 14.8. The minimum atomic E-state index is -3.33. The summed E-state index contributed by atoms with van der Waals surface area (Å²) in [5, 5.41) is 0. The molecule has 0 aliphatic heterocycles. The molecule has 2 saturated carbocycles. The van der Waals surface area contributed by atoms with Crippen LogP contribution in [0.1, 0.15) is 94.2 Å². The smallest absolute Gasteiger partial charge is 0.426 e. The van der Waals surface area contributed by atoms with Crippen LogP contribution in [0.4, 0.5) is 8.78 Å². The number of alkyl halides is 2. The predicted molar refractivity (Wildman–Crippen MR) is 127 cm³/mol. The molecule has 0 radical (unpaired) electrons. The third-order valence-electron chi connectivity index (χ3n) is 7.88. The largest absolute Gasteiger partial charge is 0.429 e. The fraction of sp³-hybridized carbons (Fsp3) is 0.586. The molecule has 4 rings (SSSR count). The van der Waals surface area contributed by atoms with Gasteiger partial charge in [-0.05, 0) is 84.7 Å². The Morgan fingerprint density at radius 1 is 0.750 bits per heavy atom. The molecular formula is C29H38F2O. The average Bonchev–Trinajstić information content (AvgIpc) is 2.80. The fourth-order valence-corrected chi connectivity index (χ4v) is 5.46. The van der Waals surface area contributed by atoms with E-state index >= 15 is 0 Å². The number of aryl methyl sites for hydroxylation is 1. The van der Waals surface area contributed by atoms with Gasteiger partial charge in [0.25, 0.3) is 0 Å². The summed E-state index contributed by atoms with van der Waals surface area (Å²) in [6, 6.07) is 14.0. The van der Waals surface area contributed by atoms with Crippen LogP contribution in [0.2, 0.25) is 0 Å². The number of hydrogen-bond donors (Lipinski definition) is 0. The molecule has 0 spiro atoms. The zero-order chi connectivity index (χ0) is 22.6. The molecule has 0 atom stereocenters.